The van der Waals surface area contributed by atoms with Crippen molar-refractivity contribution < 1.29 is 9.13 Å². The summed E-state index contributed by atoms with van der Waals surface area (Å²) in [5.41, 5.74) is 1.14. The number of nitrogens with zero attached hydrogens (tertiary/aromatic N) is 2. The van der Waals surface area contributed by atoms with Gasteiger partial charge >= 0.3 is 0 Å². The van der Waals surface area contributed by atoms with Crippen LogP contribution in [-0.2, 0) is 13.0 Å². The van der Waals surface area contributed by atoms with Crippen LogP contribution in [0.3, 0.4) is 0 Å². The lowest BCUT2D eigenvalue weighted by molar-refractivity contribution is 0.343. The molecule has 0 saturated carbocycles. The molecule has 0 atom stereocenters. The van der Waals surface area contributed by atoms with Crippen molar-refractivity contribution in [2.45, 2.75) is 13.0 Å². The van der Waals surface area contributed by atoms with Gasteiger partial charge in [0, 0.05) is 12.0 Å². The van der Waals surface area contributed by atoms with Gasteiger partial charge in [-0.2, -0.15) is 0 Å². The molecule has 0 radical (unpaired) electrons. The Labute approximate surface area is 75.3 Å². The molecule has 13 heavy (non-hydrogen) atoms. The molecule has 68 valence electrons. The minimum atomic E-state index is -0.323. The molecule has 1 aromatic heterocycles. The van der Waals surface area contributed by atoms with E-state index in [2.05, 4.69) is 16.7 Å². The van der Waals surface area contributed by atoms with Crippen LogP contribution in [0.4, 0.5) is 4.39 Å². The van der Waals surface area contributed by atoms with E-state index in [-0.39, 0.29) is 12.4 Å². The maximum atomic E-state index is 13.2. The van der Waals surface area contributed by atoms with Crippen LogP contribution in [0.5, 0.6) is 5.88 Å². The smallest absolute Gasteiger partial charge is 0.217 e. The van der Waals surface area contributed by atoms with Crippen molar-refractivity contribution >= 4 is 6.72 Å². The Bertz CT molecular complexity index is 352. The molecule has 1 aliphatic heterocycles. The van der Waals surface area contributed by atoms with E-state index >= 15 is 0 Å². The first-order chi connectivity index (χ1) is 6.31. The molecule has 0 amide bonds. The van der Waals surface area contributed by atoms with Gasteiger partial charge in [-0.1, -0.05) is 0 Å². The van der Waals surface area contributed by atoms with Crippen LogP contribution in [-0.4, -0.2) is 18.3 Å². The fourth-order valence-corrected chi connectivity index (χ4v) is 1.32. The summed E-state index contributed by atoms with van der Waals surface area (Å²) in [6, 6.07) is 1.47. The van der Waals surface area contributed by atoms with E-state index in [0.29, 0.717) is 18.2 Å². The maximum absolute atomic E-state index is 13.2. The second kappa shape index (κ2) is 3.12. The lowest BCUT2D eigenvalue weighted by Crippen LogP contribution is -1.96. The van der Waals surface area contributed by atoms with Crippen molar-refractivity contribution in [2.24, 2.45) is 4.99 Å². The second-order valence-electron chi connectivity index (χ2n) is 2.86. The third kappa shape index (κ3) is 1.39. The molecule has 3 nitrogen and oxygen atoms in total. The third-order valence-electron chi connectivity index (χ3n) is 1.96. The number of rotatable bonds is 2. The number of fused-ring (bicyclic) bond motifs is 1. The number of halogens is 1. The minimum Gasteiger partial charge on any atom is -0.477 e. The van der Waals surface area contributed by atoms with Crippen LogP contribution in [0.15, 0.2) is 11.1 Å². The van der Waals surface area contributed by atoms with Crippen LogP contribution in [0.2, 0.25) is 0 Å². The van der Waals surface area contributed by atoms with Gasteiger partial charge in [0.1, 0.15) is 11.5 Å². The monoisotopic (exact) mass is 180 g/mol. The normalized spacial score (nSPS) is 13.6. The van der Waals surface area contributed by atoms with Crippen molar-refractivity contribution in [3.63, 3.8) is 0 Å². The van der Waals surface area contributed by atoms with E-state index in [9.17, 15) is 4.39 Å². The molecule has 0 unspecified atom stereocenters. The minimum absolute atomic E-state index is 0.197. The Balaban J connectivity index is 2.42. The van der Waals surface area contributed by atoms with Gasteiger partial charge in [-0.05, 0) is 12.8 Å². The molecule has 0 spiro atoms. The van der Waals surface area contributed by atoms with Gasteiger partial charge in [0.15, 0.2) is 0 Å². The van der Waals surface area contributed by atoms with Crippen molar-refractivity contribution in [1.29, 1.82) is 0 Å². The zero-order valence-corrected chi connectivity index (χ0v) is 7.09. The summed E-state index contributed by atoms with van der Waals surface area (Å²) in [4.78, 5) is 7.60. The predicted molar refractivity (Wildman–Crippen MR) is 46.6 cm³/mol. The van der Waals surface area contributed by atoms with Crippen molar-refractivity contribution in [3.05, 3.63) is 23.1 Å². The molecule has 1 aliphatic rings. The Morgan fingerprint density at radius 2 is 2.54 bits per heavy atom. The lowest BCUT2D eigenvalue weighted by Gasteiger charge is -2.01. The lowest BCUT2D eigenvalue weighted by atomic mass is 10.2. The molecule has 4 heteroatoms. The van der Waals surface area contributed by atoms with Gasteiger partial charge in [0.2, 0.25) is 5.88 Å². The standard InChI is InChI=1S/C9H9FN2O/c1-11-5-8-7(10)4-6-2-3-13-9(6)12-8/h4H,1-3,5H2. The molecule has 0 saturated heterocycles. The fraction of sp³-hybridized carbons (Fsp3) is 0.333. The summed E-state index contributed by atoms with van der Waals surface area (Å²) in [6.45, 7) is 4.08. The van der Waals surface area contributed by atoms with Gasteiger partial charge in [0.25, 0.3) is 0 Å². The van der Waals surface area contributed by atoms with E-state index in [0.717, 1.165) is 12.0 Å². The summed E-state index contributed by atoms with van der Waals surface area (Å²) >= 11 is 0. The molecule has 2 heterocycles. The number of hydrogen-bond acceptors (Lipinski definition) is 3. The van der Waals surface area contributed by atoms with Crippen molar-refractivity contribution in [1.82, 2.24) is 4.98 Å². The van der Waals surface area contributed by atoms with Crippen LogP contribution in [0.25, 0.3) is 0 Å². The van der Waals surface area contributed by atoms with Crippen LogP contribution < -0.4 is 4.74 Å². The van der Waals surface area contributed by atoms with E-state index in [4.69, 9.17) is 4.74 Å². The van der Waals surface area contributed by atoms with Crippen LogP contribution in [0, 0.1) is 5.82 Å². The average molecular weight is 180 g/mol. The number of aliphatic imine (C=N–C) groups is 1. The molecule has 0 aliphatic carbocycles. The highest BCUT2D eigenvalue weighted by atomic mass is 19.1. The highest BCUT2D eigenvalue weighted by Gasteiger charge is 2.17. The van der Waals surface area contributed by atoms with Gasteiger partial charge in [-0.3, -0.25) is 4.99 Å². The van der Waals surface area contributed by atoms with E-state index in [1.54, 1.807) is 0 Å². The van der Waals surface area contributed by atoms with E-state index in [1.165, 1.54) is 6.07 Å². The van der Waals surface area contributed by atoms with Gasteiger partial charge in [-0.15, -0.1) is 0 Å². The molecular weight excluding hydrogens is 171 g/mol. The van der Waals surface area contributed by atoms with Crippen molar-refractivity contribution in [3.8, 4) is 5.88 Å². The zero-order valence-electron chi connectivity index (χ0n) is 7.09. The first-order valence-corrected chi connectivity index (χ1v) is 4.05. The SMILES string of the molecule is C=NCc1nc2c(cc1F)CCO2. The third-order valence-corrected chi connectivity index (χ3v) is 1.96. The summed E-state index contributed by atoms with van der Waals surface area (Å²) < 4.78 is 18.4. The van der Waals surface area contributed by atoms with Gasteiger partial charge in [0.05, 0.1) is 13.2 Å². The average Bonchev–Trinajstić information content (AvgIpc) is 2.52. The number of ether oxygens (including phenoxy) is 1. The summed E-state index contributed by atoms with van der Waals surface area (Å²) in [6.07, 6.45) is 0.737. The highest BCUT2D eigenvalue weighted by molar-refractivity contribution is 5.33. The molecule has 1 aromatic rings. The Hall–Kier alpha value is -1.45. The number of aromatic nitrogens is 1. The van der Waals surface area contributed by atoms with E-state index in [1.807, 2.05) is 0 Å². The predicted octanol–water partition coefficient (Wildman–Crippen LogP) is 1.36. The van der Waals surface area contributed by atoms with Crippen molar-refractivity contribution in [2.75, 3.05) is 6.61 Å². The molecule has 0 fully saturated rings. The Morgan fingerprint density at radius 1 is 1.69 bits per heavy atom. The number of hydrogen-bond donors (Lipinski definition) is 0. The fourth-order valence-electron chi connectivity index (χ4n) is 1.32. The molecule has 0 aromatic carbocycles. The molecule has 2 rings (SSSR count). The maximum Gasteiger partial charge on any atom is 0.217 e. The van der Waals surface area contributed by atoms with Gasteiger partial charge < -0.3 is 4.74 Å². The zero-order chi connectivity index (χ0) is 9.26. The molecular formula is C9H9FN2O. The largest absolute Gasteiger partial charge is 0.477 e. The van der Waals surface area contributed by atoms with Crippen LogP contribution >= 0.6 is 0 Å². The van der Waals surface area contributed by atoms with Crippen LogP contribution in [0.1, 0.15) is 11.3 Å². The van der Waals surface area contributed by atoms with E-state index < -0.39 is 0 Å². The summed E-state index contributed by atoms with van der Waals surface area (Å²) in [7, 11) is 0. The Morgan fingerprint density at radius 3 is 3.31 bits per heavy atom. The first-order valence-electron chi connectivity index (χ1n) is 4.05. The topological polar surface area (TPSA) is 34.5 Å². The first kappa shape index (κ1) is 8.16. The Kier molecular flexibility index (Phi) is 1.96. The number of pyridine rings is 1. The highest BCUT2D eigenvalue weighted by Crippen LogP contribution is 2.24. The summed E-state index contributed by atoms with van der Waals surface area (Å²) in [5.74, 6) is 0.219. The molecule has 0 N–H and O–H groups in total. The second-order valence-corrected chi connectivity index (χ2v) is 2.86. The van der Waals surface area contributed by atoms with Gasteiger partial charge in [-0.25, -0.2) is 9.37 Å². The summed E-state index contributed by atoms with van der Waals surface area (Å²) in [5, 5.41) is 0. The quantitative estimate of drug-likeness (QED) is 0.644. The molecule has 0 bridgehead atoms.